The van der Waals surface area contributed by atoms with E-state index in [1.807, 2.05) is 70.1 Å². The fourth-order valence-corrected chi connectivity index (χ4v) is 3.87. The van der Waals surface area contributed by atoms with Crippen molar-refractivity contribution in [2.24, 2.45) is 0 Å². The molecule has 1 fully saturated rings. The number of likely N-dealkylation sites (tertiary alicyclic amines) is 1. The van der Waals surface area contributed by atoms with Crippen LogP contribution in [0.3, 0.4) is 0 Å². The Labute approximate surface area is 190 Å². The molecule has 3 rings (SSSR count). The van der Waals surface area contributed by atoms with Crippen LogP contribution in [0.1, 0.15) is 41.6 Å². The lowest BCUT2D eigenvalue weighted by Gasteiger charge is -2.26. The Morgan fingerprint density at radius 2 is 1.78 bits per heavy atom. The van der Waals surface area contributed by atoms with Crippen LogP contribution in [-0.2, 0) is 9.59 Å². The zero-order valence-corrected chi connectivity index (χ0v) is 19.5. The van der Waals surface area contributed by atoms with Crippen molar-refractivity contribution in [1.82, 2.24) is 9.80 Å². The highest BCUT2D eigenvalue weighted by molar-refractivity contribution is 6.46. The highest BCUT2D eigenvalue weighted by Crippen LogP contribution is 2.40. The predicted molar refractivity (Wildman–Crippen MR) is 126 cm³/mol. The molecule has 1 N–H and O–H groups in total. The maximum Gasteiger partial charge on any atom is 0.295 e. The van der Waals surface area contributed by atoms with Crippen LogP contribution in [0.5, 0.6) is 5.75 Å². The Morgan fingerprint density at radius 3 is 2.38 bits per heavy atom. The second-order valence-electron chi connectivity index (χ2n) is 8.53. The lowest BCUT2D eigenvalue weighted by atomic mass is 9.93. The van der Waals surface area contributed by atoms with E-state index in [0.717, 1.165) is 23.1 Å². The van der Waals surface area contributed by atoms with Crippen LogP contribution in [0, 0.1) is 13.8 Å². The van der Waals surface area contributed by atoms with Crippen molar-refractivity contribution >= 4 is 17.4 Å². The van der Waals surface area contributed by atoms with Crippen molar-refractivity contribution in [3.8, 4) is 5.75 Å². The first kappa shape index (κ1) is 23.5. The smallest absolute Gasteiger partial charge is 0.295 e. The summed E-state index contributed by atoms with van der Waals surface area (Å²) in [6.07, 6.45) is 0.897. The number of ether oxygens (including phenoxy) is 1. The van der Waals surface area contributed by atoms with Crippen LogP contribution < -0.4 is 4.74 Å². The Hall–Kier alpha value is -3.12. The third-order valence-electron chi connectivity index (χ3n) is 5.65. The molecular formula is C26H32N2O4. The number of ketones is 1. The lowest BCUT2D eigenvalue weighted by Crippen LogP contribution is -2.35. The first-order valence-corrected chi connectivity index (χ1v) is 11.0. The highest BCUT2D eigenvalue weighted by atomic mass is 16.5. The van der Waals surface area contributed by atoms with E-state index in [4.69, 9.17) is 4.74 Å². The summed E-state index contributed by atoms with van der Waals surface area (Å²) in [6, 6.07) is 12.5. The number of hydrogen-bond acceptors (Lipinski definition) is 5. The molecule has 1 heterocycles. The number of aryl methyl sites for hydroxylation is 2. The third kappa shape index (κ3) is 4.86. The third-order valence-corrected chi connectivity index (χ3v) is 5.65. The molecule has 2 aromatic rings. The number of Topliss-reactive ketones (excluding diaryl/α,β-unsaturated/α-hetero) is 1. The van der Waals surface area contributed by atoms with E-state index in [0.29, 0.717) is 31.0 Å². The minimum atomic E-state index is -0.655. The standard InChI is InChI=1S/C26H32N2O4/c1-6-15-32-20-11-12-21(18(3)16-20)24(29)22-23(19-9-7-17(2)8-10-19)28(14-13-27(4)5)26(31)25(22)30/h7-12,16,23,29H,6,13-15H2,1-5H3/b24-22-. The summed E-state index contributed by atoms with van der Waals surface area (Å²) in [5.41, 5.74) is 3.31. The molecule has 0 bridgehead atoms. The monoisotopic (exact) mass is 436 g/mol. The molecule has 1 unspecified atom stereocenters. The Balaban J connectivity index is 2.10. The Bertz CT molecular complexity index is 1020. The normalized spacial score (nSPS) is 17.9. The molecule has 0 aromatic heterocycles. The average molecular weight is 437 g/mol. The zero-order chi connectivity index (χ0) is 23.4. The Morgan fingerprint density at radius 1 is 1.09 bits per heavy atom. The number of hydrogen-bond donors (Lipinski definition) is 1. The quantitative estimate of drug-likeness (QED) is 0.384. The average Bonchev–Trinajstić information content (AvgIpc) is 3.01. The van der Waals surface area contributed by atoms with E-state index in [1.165, 1.54) is 0 Å². The first-order chi connectivity index (χ1) is 15.2. The van der Waals surface area contributed by atoms with Gasteiger partial charge < -0.3 is 19.6 Å². The van der Waals surface area contributed by atoms with E-state index < -0.39 is 17.7 Å². The van der Waals surface area contributed by atoms with Crippen molar-refractivity contribution in [2.75, 3.05) is 33.8 Å². The summed E-state index contributed by atoms with van der Waals surface area (Å²) < 4.78 is 5.68. The first-order valence-electron chi connectivity index (χ1n) is 11.0. The molecule has 0 radical (unpaired) electrons. The van der Waals surface area contributed by atoms with E-state index in [-0.39, 0.29) is 11.3 Å². The number of nitrogens with zero attached hydrogens (tertiary/aromatic N) is 2. The maximum absolute atomic E-state index is 13.1. The van der Waals surface area contributed by atoms with E-state index in [1.54, 1.807) is 17.0 Å². The summed E-state index contributed by atoms with van der Waals surface area (Å²) in [6.45, 7) is 7.48. The van der Waals surface area contributed by atoms with Crippen molar-refractivity contribution < 1.29 is 19.4 Å². The number of aliphatic hydroxyl groups is 1. The number of likely N-dealkylation sites (N-methyl/N-ethyl adjacent to an activating group) is 1. The maximum atomic E-state index is 13.1. The minimum Gasteiger partial charge on any atom is -0.507 e. The van der Waals surface area contributed by atoms with Gasteiger partial charge in [-0.05, 0) is 63.7 Å². The van der Waals surface area contributed by atoms with Crippen LogP contribution >= 0.6 is 0 Å². The molecule has 1 amide bonds. The molecule has 0 aliphatic carbocycles. The number of carbonyl (C=O) groups excluding carboxylic acids is 2. The molecule has 32 heavy (non-hydrogen) atoms. The summed E-state index contributed by atoms with van der Waals surface area (Å²) in [5, 5.41) is 11.3. The molecule has 2 aromatic carbocycles. The van der Waals surface area contributed by atoms with Crippen molar-refractivity contribution in [1.29, 1.82) is 0 Å². The summed E-state index contributed by atoms with van der Waals surface area (Å²) in [5.74, 6) is -0.680. The molecular weight excluding hydrogens is 404 g/mol. The van der Waals surface area contributed by atoms with Gasteiger partial charge in [-0.3, -0.25) is 9.59 Å². The largest absolute Gasteiger partial charge is 0.507 e. The minimum absolute atomic E-state index is 0.128. The van der Waals surface area contributed by atoms with Crippen molar-refractivity contribution in [3.05, 3.63) is 70.3 Å². The van der Waals surface area contributed by atoms with Crippen LogP contribution in [0.4, 0.5) is 0 Å². The topological polar surface area (TPSA) is 70.1 Å². The van der Waals surface area contributed by atoms with E-state index >= 15 is 0 Å². The van der Waals surface area contributed by atoms with E-state index in [9.17, 15) is 14.7 Å². The SMILES string of the molecule is CCCOc1ccc(/C(O)=C2/C(=O)C(=O)N(CCN(C)C)C2c2ccc(C)cc2)c(C)c1. The lowest BCUT2D eigenvalue weighted by molar-refractivity contribution is -0.140. The second kappa shape index (κ2) is 10.0. The van der Waals surface area contributed by atoms with E-state index in [2.05, 4.69) is 0 Å². The number of amides is 1. The molecule has 1 aliphatic heterocycles. The Kier molecular flexibility index (Phi) is 7.36. The van der Waals surface area contributed by atoms with Gasteiger partial charge in [0.05, 0.1) is 18.2 Å². The summed E-state index contributed by atoms with van der Waals surface area (Å²) in [4.78, 5) is 29.6. The molecule has 6 nitrogen and oxygen atoms in total. The fourth-order valence-electron chi connectivity index (χ4n) is 3.87. The molecule has 170 valence electrons. The van der Waals surface area contributed by atoms with Crippen LogP contribution in [-0.4, -0.2) is 60.4 Å². The van der Waals surface area contributed by atoms with Gasteiger partial charge in [0.1, 0.15) is 11.5 Å². The fraction of sp³-hybridized carbons (Fsp3) is 0.385. The van der Waals surface area contributed by atoms with Gasteiger partial charge in [0.2, 0.25) is 0 Å². The van der Waals surface area contributed by atoms with Gasteiger partial charge in [0, 0.05) is 18.7 Å². The second-order valence-corrected chi connectivity index (χ2v) is 8.53. The van der Waals surface area contributed by atoms with Gasteiger partial charge in [-0.25, -0.2) is 0 Å². The molecule has 0 spiro atoms. The molecule has 1 atom stereocenters. The van der Waals surface area contributed by atoms with Gasteiger partial charge in [-0.1, -0.05) is 36.8 Å². The molecule has 1 aliphatic rings. The van der Waals surface area contributed by atoms with Crippen molar-refractivity contribution in [2.45, 2.75) is 33.2 Å². The van der Waals surface area contributed by atoms with Gasteiger partial charge in [-0.2, -0.15) is 0 Å². The van der Waals surface area contributed by atoms with Crippen molar-refractivity contribution in [3.63, 3.8) is 0 Å². The van der Waals surface area contributed by atoms with Gasteiger partial charge >= 0.3 is 0 Å². The number of carbonyl (C=O) groups is 2. The zero-order valence-electron chi connectivity index (χ0n) is 19.5. The van der Waals surface area contributed by atoms with Crippen LogP contribution in [0.15, 0.2) is 48.0 Å². The molecule has 0 saturated carbocycles. The molecule has 6 heteroatoms. The van der Waals surface area contributed by atoms with Gasteiger partial charge in [0.25, 0.3) is 11.7 Å². The number of rotatable bonds is 8. The summed E-state index contributed by atoms with van der Waals surface area (Å²) in [7, 11) is 3.84. The summed E-state index contributed by atoms with van der Waals surface area (Å²) >= 11 is 0. The number of benzene rings is 2. The van der Waals surface area contributed by atoms with Gasteiger partial charge in [-0.15, -0.1) is 0 Å². The van der Waals surface area contributed by atoms with Crippen LogP contribution in [0.2, 0.25) is 0 Å². The highest BCUT2D eigenvalue weighted by Gasteiger charge is 2.46. The number of aliphatic hydroxyl groups excluding tert-OH is 1. The van der Waals surface area contributed by atoms with Crippen LogP contribution in [0.25, 0.3) is 5.76 Å². The predicted octanol–water partition coefficient (Wildman–Crippen LogP) is 4.08. The van der Waals surface area contributed by atoms with Gasteiger partial charge in [0.15, 0.2) is 0 Å². The molecule has 1 saturated heterocycles.